The molecule has 1 N–H and O–H groups in total. The van der Waals surface area contributed by atoms with Gasteiger partial charge >= 0.3 is 6.18 Å². The van der Waals surface area contributed by atoms with Gasteiger partial charge in [0, 0.05) is 29.9 Å². The summed E-state index contributed by atoms with van der Waals surface area (Å²) in [5, 5.41) is 7.29. The number of nitrogens with zero attached hydrogens (tertiary/aromatic N) is 3. The lowest BCUT2D eigenvalue weighted by Crippen LogP contribution is -2.16. The number of nitrogens with one attached hydrogen (secondary N) is 1. The van der Waals surface area contributed by atoms with Gasteiger partial charge in [0.1, 0.15) is 5.69 Å². The van der Waals surface area contributed by atoms with E-state index in [-0.39, 0.29) is 5.91 Å². The summed E-state index contributed by atoms with van der Waals surface area (Å²) in [6, 6.07) is 12.7. The first-order chi connectivity index (χ1) is 14.6. The van der Waals surface area contributed by atoms with Crippen LogP contribution in [0.5, 0.6) is 0 Å². The molecule has 0 atom stereocenters. The predicted octanol–water partition coefficient (Wildman–Crippen LogP) is 5.52. The van der Waals surface area contributed by atoms with Gasteiger partial charge in [-0.05, 0) is 61.4 Å². The van der Waals surface area contributed by atoms with E-state index in [9.17, 15) is 18.0 Å². The van der Waals surface area contributed by atoms with Crippen LogP contribution in [0.3, 0.4) is 0 Å². The molecule has 0 bridgehead atoms. The Kier molecular flexibility index (Phi) is 5.00. The summed E-state index contributed by atoms with van der Waals surface area (Å²) < 4.78 is 40.7. The summed E-state index contributed by atoms with van der Waals surface area (Å²) in [5.74, 6) is -0.268. The first-order valence-electron chi connectivity index (χ1n) is 9.52. The molecule has 158 valence electrons. The summed E-state index contributed by atoms with van der Waals surface area (Å²) >= 11 is 0. The molecular weight excluding hydrogens is 405 g/mol. The van der Waals surface area contributed by atoms with Crippen molar-refractivity contribution in [1.29, 1.82) is 0 Å². The maximum atomic E-state index is 13.1. The molecule has 0 aliphatic heterocycles. The molecule has 8 heteroatoms. The van der Waals surface area contributed by atoms with Gasteiger partial charge in [-0.25, -0.2) is 4.98 Å². The predicted molar refractivity (Wildman–Crippen MR) is 113 cm³/mol. The lowest BCUT2D eigenvalue weighted by Gasteiger charge is -2.12. The molecule has 0 radical (unpaired) electrons. The second-order valence-electron chi connectivity index (χ2n) is 7.38. The van der Waals surface area contributed by atoms with E-state index < -0.39 is 11.7 Å². The molecule has 2 aromatic heterocycles. The van der Waals surface area contributed by atoms with Crippen molar-refractivity contribution in [3.8, 4) is 11.3 Å². The van der Waals surface area contributed by atoms with Gasteiger partial charge in [-0.3, -0.25) is 9.48 Å². The maximum absolute atomic E-state index is 13.1. The Morgan fingerprint density at radius 3 is 2.42 bits per heavy atom. The van der Waals surface area contributed by atoms with Crippen LogP contribution in [0.1, 0.15) is 27.2 Å². The maximum Gasteiger partial charge on any atom is 0.416 e. The molecule has 0 unspecified atom stereocenters. The molecule has 1 amide bonds. The summed E-state index contributed by atoms with van der Waals surface area (Å²) in [7, 11) is 1.69. The van der Waals surface area contributed by atoms with E-state index in [1.54, 1.807) is 44.4 Å². The number of aryl methyl sites for hydroxylation is 3. The minimum Gasteiger partial charge on any atom is -0.320 e. The topological polar surface area (TPSA) is 59.8 Å². The molecule has 0 aliphatic rings. The molecule has 5 nitrogen and oxygen atoms in total. The Morgan fingerprint density at radius 2 is 1.77 bits per heavy atom. The van der Waals surface area contributed by atoms with Gasteiger partial charge in [0.05, 0.1) is 16.8 Å². The zero-order valence-electron chi connectivity index (χ0n) is 17.1. The molecule has 0 aliphatic carbocycles. The van der Waals surface area contributed by atoms with E-state index in [0.29, 0.717) is 33.5 Å². The van der Waals surface area contributed by atoms with Crippen molar-refractivity contribution in [3.05, 3.63) is 77.1 Å². The van der Waals surface area contributed by atoms with Crippen LogP contribution >= 0.6 is 0 Å². The molecule has 0 saturated heterocycles. The third-order valence-electron chi connectivity index (χ3n) is 5.13. The van der Waals surface area contributed by atoms with Crippen molar-refractivity contribution >= 4 is 22.5 Å². The molecule has 4 aromatic rings. The summed E-state index contributed by atoms with van der Waals surface area (Å²) in [4.78, 5) is 17.0. The third-order valence-corrected chi connectivity index (χ3v) is 5.13. The molecule has 4 rings (SSSR count). The Balaban J connectivity index is 1.65. The quantitative estimate of drug-likeness (QED) is 0.471. The first-order valence-corrected chi connectivity index (χ1v) is 9.52. The largest absolute Gasteiger partial charge is 0.416 e. The average molecular weight is 424 g/mol. The Labute approximate surface area is 176 Å². The van der Waals surface area contributed by atoms with E-state index in [0.717, 1.165) is 23.3 Å². The molecule has 31 heavy (non-hydrogen) atoms. The number of benzene rings is 2. The second kappa shape index (κ2) is 7.54. The monoisotopic (exact) mass is 424 g/mol. The molecule has 2 heterocycles. The van der Waals surface area contributed by atoms with Gasteiger partial charge < -0.3 is 5.32 Å². The fraction of sp³-hybridized carbons (Fsp3) is 0.174. The Bertz CT molecular complexity index is 1310. The van der Waals surface area contributed by atoms with Gasteiger partial charge in [-0.15, -0.1) is 0 Å². The first kappa shape index (κ1) is 20.6. The van der Waals surface area contributed by atoms with Crippen LogP contribution in [0.2, 0.25) is 0 Å². The number of amides is 1. The number of hydrogen-bond acceptors (Lipinski definition) is 3. The third kappa shape index (κ3) is 4.01. The normalized spacial score (nSPS) is 11.7. The molecular formula is C23H19F3N4O. The number of anilines is 1. The van der Waals surface area contributed by atoms with Crippen LogP contribution < -0.4 is 5.32 Å². The zero-order chi connectivity index (χ0) is 22.3. The highest BCUT2D eigenvalue weighted by Gasteiger charge is 2.31. The second-order valence-corrected chi connectivity index (χ2v) is 7.38. The van der Waals surface area contributed by atoms with Gasteiger partial charge in [0.15, 0.2) is 0 Å². The molecule has 0 saturated carbocycles. The number of aromatic nitrogens is 3. The van der Waals surface area contributed by atoms with Crippen LogP contribution in [0.25, 0.3) is 22.2 Å². The van der Waals surface area contributed by atoms with Crippen molar-refractivity contribution in [2.45, 2.75) is 20.0 Å². The molecule has 2 aromatic carbocycles. The standard InChI is InChI=1S/C23H19F3N4O/c1-13-10-15(4-6-18(13)29-22(31)20-8-9-27-30(20)3)19-7-5-16-12-17(23(24,25)26)11-14(2)21(16)28-19/h4-12H,1-3H3,(H,29,31). The number of alkyl halides is 3. The molecule has 0 fully saturated rings. The number of pyridine rings is 1. The highest BCUT2D eigenvalue weighted by molar-refractivity contribution is 6.03. The highest BCUT2D eigenvalue weighted by Crippen LogP contribution is 2.34. The summed E-state index contributed by atoms with van der Waals surface area (Å²) in [6.45, 7) is 3.49. The average Bonchev–Trinajstić information content (AvgIpc) is 3.14. The lowest BCUT2D eigenvalue weighted by molar-refractivity contribution is -0.137. The van der Waals surface area contributed by atoms with E-state index in [4.69, 9.17) is 0 Å². The van der Waals surface area contributed by atoms with Crippen molar-refractivity contribution in [3.63, 3.8) is 0 Å². The number of fused-ring (bicyclic) bond motifs is 1. The Hall–Kier alpha value is -3.68. The van der Waals surface area contributed by atoms with E-state index >= 15 is 0 Å². The van der Waals surface area contributed by atoms with Gasteiger partial charge in [-0.2, -0.15) is 18.3 Å². The highest BCUT2D eigenvalue weighted by atomic mass is 19.4. The number of rotatable bonds is 3. The lowest BCUT2D eigenvalue weighted by atomic mass is 10.0. The SMILES string of the molecule is Cc1cc(-c2ccc3cc(C(F)(F)F)cc(C)c3n2)ccc1NC(=O)c1ccnn1C. The number of carbonyl (C=O) groups is 1. The van der Waals surface area contributed by atoms with E-state index in [1.165, 1.54) is 4.68 Å². The minimum atomic E-state index is -4.40. The fourth-order valence-electron chi connectivity index (χ4n) is 3.48. The van der Waals surface area contributed by atoms with Crippen LogP contribution in [0, 0.1) is 13.8 Å². The number of hydrogen-bond donors (Lipinski definition) is 1. The van der Waals surface area contributed by atoms with Crippen LogP contribution in [0.15, 0.2) is 54.7 Å². The van der Waals surface area contributed by atoms with Gasteiger partial charge in [-0.1, -0.05) is 12.1 Å². The van der Waals surface area contributed by atoms with Crippen molar-refractivity contribution in [2.75, 3.05) is 5.32 Å². The van der Waals surface area contributed by atoms with Crippen LogP contribution in [0.4, 0.5) is 18.9 Å². The van der Waals surface area contributed by atoms with Gasteiger partial charge in [0.25, 0.3) is 5.91 Å². The smallest absolute Gasteiger partial charge is 0.320 e. The Morgan fingerprint density at radius 1 is 1.00 bits per heavy atom. The minimum absolute atomic E-state index is 0.268. The van der Waals surface area contributed by atoms with E-state index in [2.05, 4.69) is 15.4 Å². The van der Waals surface area contributed by atoms with Crippen molar-refractivity contribution in [1.82, 2.24) is 14.8 Å². The molecule has 0 spiro atoms. The van der Waals surface area contributed by atoms with Gasteiger partial charge in [0.2, 0.25) is 0 Å². The number of halogens is 3. The van der Waals surface area contributed by atoms with Crippen LogP contribution in [-0.4, -0.2) is 20.7 Å². The van der Waals surface area contributed by atoms with Crippen molar-refractivity contribution < 1.29 is 18.0 Å². The summed E-state index contributed by atoms with van der Waals surface area (Å²) in [6.07, 6.45) is -2.85. The zero-order valence-corrected chi connectivity index (χ0v) is 17.1. The summed E-state index contributed by atoms with van der Waals surface area (Å²) in [5.41, 5.74) is 3.67. The fourth-order valence-corrected chi connectivity index (χ4v) is 3.48. The number of carbonyl (C=O) groups excluding carboxylic acids is 1. The van der Waals surface area contributed by atoms with Crippen LogP contribution in [-0.2, 0) is 13.2 Å². The van der Waals surface area contributed by atoms with Crippen molar-refractivity contribution in [2.24, 2.45) is 7.05 Å². The van der Waals surface area contributed by atoms with E-state index in [1.807, 2.05) is 19.1 Å².